The molecule has 1 unspecified atom stereocenters. The first-order valence-corrected chi connectivity index (χ1v) is 19.6. The smallest absolute Gasteiger partial charge is 0.0541 e. The van der Waals surface area contributed by atoms with E-state index in [0.29, 0.717) is 5.92 Å². The molecule has 254 valence electrons. The molecule has 0 saturated heterocycles. The van der Waals surface area contributed by atoms with E-state index in [0.717, 1.165) is 19.3 Å². The van der Waals surface area contributed by atoms with Crippen LogP contribution in [0.1, 0.15) is 48.8 Å². The van der Waals surface area contributed by atoms with Gasteiger partial charge in [-0.15, -0.1) is 11.3 Å². The zero-order valence-electron chi connectivity index (χ0n) is 29.8. The molecule has 1 atom stereocenters. The van der Waals surface area contributed by atoms with Crippen LogP contribution in [0.15, 0.2) is 182 Å². The third-order valence-electron chi connectivity index (χ3n) is 11.4. The highest BCUT2D eigenvalue weighted by molar-refractivity contribution is 7.25. The molecule has 0 amide bonds. The Morgan fingerprint density at radius 2 is 1.19 bits per heavy atom. The summed E-state index contributed by atoms with van der Waals surface area (Å²) in [6.45, 7) is 2.39. The normalized spacial score (nSPS) is 15.3. The van der Waals surface area contributed by atoms with Gasteiger partial charge in [-0.1, -0.05) is 133 Å². The van der Waals surface area contributed by atoms with Crippen molar-refractivity contribution in [3.8, 4) is 16.8 Å². The fourth-order valence-electron chi connectivity index (χ4n) is 8.79. The van der Waals surface area contributed by atoms with Crippen molar-refractivity contribution in [1.29, 1.82) is 0 Å². The van der Waals surface area contributed by atoms with Crippen LogP contribution >= 0.6 is 11.3 Å². The Morgan fingerprint density at radius 1 is 0.528 bits per heavy atom. The number of hydrogen-bond acceptors (Lipinski definition) is 1. The fraction of sp³-hybridized carbons (Fsp3) is 0.0980. The van der Waals surface area contributed by atoms with Crippen molar-refractivity contribution in [2.24, 2.45) is 0 Å². The van der Waals surface area contributed by atoms with Crippen molar-refractivity contribution in [2.75, 3.05) is 0 Å². The van der Waals surface area contributed by atoms with E-state index in [1.807, 2.05) is 11.3 Å². The molecule has 1 aliphatic rings. The van der Waals surface area contributed by atoms with Crippen molar-refractivity contribution in [1.82, 2.24) is 4.57 Å². The van der Waals surface area contributed by atoms with E-state index in [-0.39, 0.29) is 0 Å². The largest absolute Gasteiger partial charge is 0.309 e. The van der Waals surface area contributed by atoms with E-state index in [2.05, 4.69) is 187 Å². The summed E-state index contributed by atoms with van der Waals surface area (Å²) < 4.78 is 5.11. The number of allylic oxidation sites excluding steroid dienone is 4. The Balaban J connectivity index is 1.13. The standard InChI is InChI=1S/C51H39NS/c1-34-41(23-13-19-37(35-15-5-2-6-16-35)31-44(34)36-17-7-3-8-18-36)43-24-14-26-50-51(43)46-33-39(28-30-49(46)53-50)38-27-29-48-45(32-38)42-22-11-12-25-47(42)52(48)40-20-9-4-10-21-40/h2-12,14-18,20-22,24-33,41H,13,19,23H2,1H3. The molecule has 10 rings (SSSR count). The SMILES string of the molecule is CC1=C(c2ccccc2)C=C(c2ccccc2)CCCC1c1cccc2sc3ccc(-c4ccc5c(c4)c4ccccc4n5-c4ccccc4)cc3c12. The van der Waals surface area contributed by atoms with Gasteiger partial charge in [0.05, 0.1) is 11.0 Å². The van der Waals surface area contributed by atoms with Crippen LogP contribution in [0.4, 0.5) is 0 Å². The van der Waals surface area contributed by atoms with Crippen LogP contribution < -0.4 is 0 Å². The van der Waals surface area contributed by atoms with E-state index in [4.69, 9.17) is 0 Å². The summed E-state index contributed by atoms with van der Waals surface area (Å²) in [5, 5.41) is 5.34. The molecule has 2 aromatic heterocycles. The van der Waals surface area contributed by atoms with Gasteiger partial charge in [-0.3, -0.25) is 0 Å². The molecule has 2 heterocycles. The maximum atomic E-state index is 2.49. The number of rotatable bonds is 5. The molecule has 53 heavy (non-hydrogen) atoms. The van der Waals surface area contributed by atoms with Crippen LogP contribution in [0.5, 0.6) is 0 Å². The minimum Gasteiger partial charge on any atom is -0.309 e. The van der Waals surface area contributed by atoms with Gasteiger partial charge < -0.3 is 4.57 Å². The zero-order valence-corrected chi connectivity index (χ0v) is 30.6. The topological polar surface area (TPSA) is 4.93 Å². The van der Waals surface area contributed by atoms with Crippen LogP contribution in [0.3, 0.4) is 0 Å². The summed E-state index contributed by atoms with van der Waals surface area (Å²) in [5.74, 6) is 0.324. The summed E-state index contributed by atoms with van der Waals surface area (Å²) >= 11 is 1.92. The first-order valence-electron chi connectivity index (χ1n) is 18.8. The maximum absolute atomic E-state index is 2.49. The van der Waals surface area contributed by atoms with Crippen molar-refractivity contribution in [3.63, 3.8) is 0 Å². The first-order chi connectivity index (χ1) is 26.2. The predicted molar refractivity (Wildman–Crippen MR) is 229 cm³/mol. The van der Waals surface area contributed by atoms with Gasteiger partial charge in [0.15, 0.2) is 0 Å². The number of hydrogen-bond donors (Lipinski definition) is 0. The van der Waals surface area contributed by atoms with Gasteiger partial charge in [-0.25, -0.2) is 0 Å². The first kappa shape index (κ1) is 31.7. The second kappa shape index (κ2) is 13.2. The second-order valence-electron chi connectivity index (χ2n) is 14.4. The highest BCUT2D eigenvalue weighted by Crippen LogP contribution is 2.46. The van der Waals surface area contributed by atoms with Crippen molar-refractivity contribution < 1.29 is 0 Å². The Labute approximate surface area is 314 Å². The quantitative estimate of drug-likeness (QED) is 0.169. The van der Waals surface area contributed by atoms with E-state index in [1.54, 1.807) is 0 Å². The van der Waals surface area contributed by atoms with E-state index in [1.165, 1.54) is 92.2 Å². The maximum Gasteiger partial charge on any atom is 0.0541 e. The Morgan fingerprint density at radius 3 is 1.98 bits per heavy atom. The molecule has 0 saturated carbocycles. The number of benzene rings is 7. The van der Waals surface area contributed by atoms with Crippen LogP contribution in [-0.2, 0) is 0 Å². The molecule has 1 nitrogen and oxygen atoms in total. The lowest BCUT2D eigenvalue weighted by atomic mass is 9.78. The molecule has 0 fully saturated rings. The Hall–Kier alpha value is -5.96. The summed E-state index contributed by atoms with van der Waals surface area (Å²) in [6, 6.07) is 62.6. The van der Waals surface area contributed by atoms with E-state index < -0.39 is 0 Å². The molecule has 9 aromatic rings. The number of aromatic nitrogens is 1. The molecule has 2 heteroatoms. The zero-order chi connectivity index (χ0) is 35.3. The number of para-hydroxylation sites is 2. The minimum atomic E-state index is 0.324. The summed E-state index contributed by atoms with van der Waals surface area (Å²) in [5.41, 5.74) is 14.5. The van der Waals surface area contributed by atoms with Crippen LogP contribution in [0, 0.1) is 0 Å². The lowest BCUT2D eigenvalue weighted by Gasteiger charge is -2.26. The molecule has 0 spiro atoms. The Kier molecular flexibility index (Phi) is 7.92. The van der Waals surface area contributed by atoms with Gasteiger partial charge in [0, 0.05) is 42.6 Å². The molecule has 0 N–H and O–H groups in total. The third kappa shape index (κ3) is 5.53. The van der Waals surface area contributed by atoms with Gasteiger partial charge in [0.2, 0.25) is 0 Å². The van der Waals surface area contributed by atoms with Gasteiger partial charge in [0.1, 0.15) is 0 Å². The van der Waals surface area contributed by atoms with Gasteiger partial charge in [-0.2, -0.15) is 0 Å². The highest BCUT2D eigenvalue weighted by Gasteiger charge is 2.24. The summed E-state index contributed by atoms with van der Waals surface area (Å²) in [6.07, 6.45) is 5.81. The van der Waals surface area contributed by atoms with E-state index >= 15 is 0 Å². The van der Waals surface area contributed by atoms with Crippen LogP contribution in [0.25, 0.3) is 69.9 Å². The van der Waals surface area contributed by atoms with Crippen LogP contribution in [0.2, 0.25) is 0 Å². The van der Waals surface area contributed by atoms with Gasteiger partial charge >= 0.3 is 0 Å². The molecule has 0 bridgehead atoms. The molecule has 7 aromatic carbocycles. The second-order valence-corrected chi connectivity index (χ2v) is 15.5. The average molecular weight is 698 g/mol. The fourth-order valence-corrected chi connectivity index (χ4v) is 9.91. The third-order valence-corrected chi connectivity index (χ3v) is 12.5. The Bertz CT molecular complexity index is 2850. The summed E-state index contributed by atoms with van der Waals surface area (Å²) in [4.78, 5) is 0. The van der Waals surface area contributed by atoms with Gasteiger partial charge in [-0.05, 0) is 114 Å². The molecular formula is C51H39NS. The predicted octanol–water partition coefficient (Wildman–Crippen LogP) is 14.6. The molecular weight excluding hydrogens is 659 g/mol. The lowest BCUT2D eigenvalue weighted by Crippen LogP contribution is -2.06. The lowest BCUT2D eigenvalue weighted by molar-refractivity contribution is 0.665. The summed E-state index contributed by atoms with van der Waals surface area (Å²) in [7, 11) is 0. The van der Waals surface area contributed by atoms with Crippen LogP contribution in [-0.4, -0.2) is 4.57 Å². The van der Waals surface area contributed by atoms with Crippen molar-refractivity contribution in [2.45, 2.75) is 32.1 Å². The van der Waals surface area contributed by atoms with Crippen molar-refractivity contribution in [3.05, 3.63) is 198 Å². The van der Waals surface area contributed by atoms with Crippen molar-refractivity contribution >= 4 is 64.5 Å². The number of thiophene rings is 1. The minimum absolute atomic E-state index is 0.324. The molecule has 0 aliphatic heterocycles. The number of nitrogens with zero attached hydrogens (tertiary/aromatic N) is 1. The average Bonchev–Trinajstić information content (AvgIpc) is 3.76. The number of fused-ring (bicyclic) bond motifs is 6. The van der Waals surface area contributed by atoms with Gasteiger partial charge in [0.25, 0.3) is 0 Å². The van der Waals surface area contributed by atoms with E-state index in [9.17, 15) is 0 Å². The monoisotopic (exact) mass is 697 g/mol. The highest BCUT2D eigenvalue weighted by atomic mass is 32.1. The molecule has 0 radical (unpaired) electrons. The molecule has 1 aliphatic carbocycles.